The van der Waals surface area contributed by atoms with Crippen molar-refractivity contribution >= 4 is 27.7 Å². The summed E-state index contributed by atoms with van der Waals surface area (Å²) in [5.74, 6) is -1.01. The first-order valence-electron chi connectivity index (χ1n) is 8.66. The zero-order valence-corrected chi connectivity index (χ0v) is 16.1. The Labute approximate surface area is 163 Å². The number of hydrogen-bond donors (Lipinski definition) is 2. The lowest BCUT2D eigenvalue weighted by molar-refractivity contribution is -0.150. The van der Waals surface area contributed by atoms with Crippen molar-refractivity contribution in [1.82, 2.24) is 4.90 Å². The molecule has 1 heterocycles. The Hall–Kier alpha value is -2.90. The number of carbonyl (C=O) groups is 2. The summed E-state index contributed by atoms with van der Waals surface area (Å²) in [7, 11) is -4.36. The number of benzene rings is 1. The molecule has 0 aliphatic carbocycles. The Kier molecular flexibility index (Phi) is 7.14. The van der Waals surface area contributed by atoms with Crippen LogP contribution in [0.25, 0.3) is 0 Å². The minimum absolute atomic E-state index is 0.160. The fourth-order valence-electron chi connectivity index (χ4n) is 2.79. The van der Waals surface area contributed by atoms with Gasteiger partial charge >= 0.3 is 5.97 Å². The summed E-state index contributed by atoms with van der Waals surface area (Å²) in [6.07, 6.45) is 2.11. The van der Waals surface area contributed by atoms with Crippen LogP contribution in [0.3, 0.4) is 0 Å². The van der Waals surface area contributed by atoms with Gasteiger partial charge < -0.3 is 15.0 Å². The van der Waals surface area contributed by atoms with Gasteiger partial charge in [-0.1, -0.05) is 6.07 Å². The Morgan fingerprint density at radius 1 is 1.39 bits per heavy atom. The van der Waals surface area contributed by atoms with E-state index in [0.717, 1.165) is 0 Å². The predicted molar refractivity (Wildman–Crippen MR) is 99.5 cm³/mol. The van der Waals surface area contributed by atoms with Crippen molar-refractivity contribution in [1.29, 1.82) is 5.26 Å². The van der Waals surface area contributed by atoms with Gasteiger partial charge in [-0.05, 0) is 38.0 Å². The summed E-state index contributed by atoms with van der Waals surface area (Å²) in [5, 5.41) is 12.0. The molecule has 1 aliphatic heterocycles. The maximum atomic E-state index is 12.5. The molecule has 0 unspecified atom stereocenters. The van der Waals surface area contributed by atoms with Crippen LogP contribution in [0.15, 0.2) is 40.9 Å². The van der Waals surface area contributed by atoms with E-state index in [-0.39, 0.29) is 28.0 Å². The molecule has 9 nitrogen and oxygen atoms in total. The molecule has 1 fully saturated rings. The summed E-state index contributed by atoms with van der Waals surface area (Å²) < 4.78 is 36.4. The van der Waals surface area contributed by atoms with Gasteiger partial charge in [0.2, 0.25) is 0 Å². The largest absolute Gasteiger partial charge is 0.466 e. The highest BCUT2D eigenvalue weighted by atomic mass is 32.2. The van der Waals surface area contributed by atoms with Crippen molar-refractivity contribution in [2.75, 3.05) is 25.0 Å². The van der Waals surface area contributed by atoms with Gasteiger partial charge in [0, 0.05) is 25.0 Å². The average Bonchev–Trinajstić information content (AvgIpc) is 2.68. The summed E-state index contributed by atoms with van der Waals surface area (Å²) in [6.45, 7) is 2.71. The SMILES string of the molecule is CCOC(=O)C1CCN(C(=O)/C(C#N)=C\Nc2cccc(S(=O)(=O)O)c2)CC1. The number of piperidine rings is 1. The van der Waals surface area contributed by atoms with E-state index in [1.807, 2.05) is 6.07 Å². The quantitative estimate of drug-likeness (QED) is 0.314. The highest BCUT2D eigenvalue weighted by Gasteiger charge is 2.29. The maximum Gasteiger partial charge on any atom is 0.309 e. The first-order chi connectivity index (χ1) is 13.3. The van der Waals surface area contributed by atoms with Crippen LogP contribution in [0.1, 0.15) is 19.8 Å². The number of hydrogen-bond acceptors (Lipinski definition) is 7. The van der Waals surface area contributed by atoms with Crippen LogP contribution in [-0.4, -0.2) is 49.4 Å². The standard InChI is InChI=1S/C18H21N3O6S/c1-2-27-18(23)13-6-8-21(9-7-13)17(22)14(11-19)12-20-15-4-3-5-16(10-15)28(24,25)26/h3-5,10,12-13,20H,2,6-9H2,1H3,(H,24,25,26)/b14-12-. The Morgan fingerprint density at radius 2 is 2.07 bits per heavy atom. The number of nitriles is 1. The van der Waals surface area contributed by atoms with Gasteiger partial charge in [0.15, 0.2) is 0 Å². The van der Waals surface area contributed by atoms with Gasteiger partial charge in [0.1, 0.15) is 11.6 Å². The first kappa shape index (κ1) is 21.4. The maximum absolute atomic E-state index is 12.5. The van der Waals surface area contributed by atoms with E-state index in [0.29, 0.717) is 32.5 Å². The van der Waals surface area contributed by atoms with E-state index < -0.39 is 16.0 Å². The van der Waals surface area contributed by atoms with E-state index >= 15 is 0 Å². The first-order valence-corrected chi connectivity index (χ1v) is 10.1. The molecule has 1 aromatic carbocycles. The van der Waals surface area contributed by atoms with Gasteiger partial charge in [-0.3, -0.25) is 14.1 Å². The Bertz CT molecular complexity index is 911. The Morgan fingerprint density at radius 3 is 2.64 bits per heavy atom. The van der Waals surface area contributed by atoms with Gasteiger partial charge in [0.05, 0.1) is 17.4 Å². The number of likely N-dealkylation sites (tertiary alicyclic amines) is 1. The van der Waals surface area contributed by atoms with E-state index in [1.54, 1.807) is 6.92 Å². The number of amides is 1. The summed E-state index contributed by atoms with van der Waals surface area (Å²) in [4.78, 5) is 25.5. The molecule has 1 aromatic rings. The number of carbonyl (C=O) groups excluding carboxylic acids is 2. The highest BCUT2D eigenvalue weighted by Crippen LogP contribution is 2.20. The van der Waals surface area contributed by atoms with Gasteiger partial charge in [-0.2, -0.15) is 13.7 Å². The average molecular weight is 407 g/mol. The molecule has 10 heteroatoms. The molecule has 150 valence electrons. The molecular formula is C18H21N3O6S. The van der Waals surface area contributed by atoms with Crippen LogP contribution >= 0.6 is 0 Å². The van der Waals surface area contributed by atoms with Crippen molar-refractivity contribution in [3.63, 3.8) is 0 Å². The normalized spacial score (nSPS) is 15.6. The molecule has 0 bridgehead atoms. The molecule has 2 N–H and O–H groups in total. The smallest absolute Gasteiger partial charge is 0.309 e. The van der Waals surface area contributed by atoms with Gasteiger partial charge in [-0.25, -0.2) is 0 Å². The second-order valence-corrected chi connectivity index (χ2v) is 7.56. The zero-order chi connectivity index (χ0) is 20.7. The second kappa shape index (κ2) is 9.34. The summed E-state index contributed by atoms with van der Waals surface area (Å²) >= 11 is 0. The zero-order valence-electron chi connectivity index (χ0n) is 15.3. The Balaban J connectivity index is 2.03. The van der Waals surface area contributed by atoms with Gasteiger partial charge in [-0.15, -0.1) is 0 Å². The van der Waals surface area contributed by atoms with E-state index in [1.165, 1.54) is 35.4 Å². The highest BCUT2D eigenvalue weighted by molar-refractivity contribution is 7.85. The van der Waals surface area contributed by atoms with E-state index in [4.69, 9.17) is 9.29 Å². The number of nitrogens with zero attached hydrogens (tertiary/aromatic N) is 2. The van der Waals surface area contributed by atoms with Crippen LogP contribution in [-0.2, 0) is 24.4 Å². The van der Waals surface area contributed by atoms with Crippen LogP contribution in [0.4, 0.5) is 5.69 Å². The van der Waals surface area contributed by atoms with E-state index in [9.17, 15) is 23.3 Å². The molecule has 2 rings (SSSR count). The molecule has 0 atom stereocenters. The second-order valence-electron chi connectivity index (χ2n) is 6.14. The van der Waals surface area contributed by atoms with Crippen LogP contribution in [0, 0.1) is 17.2 Å². The minimum atomic E-state index is -4.36. The monoisotopic (exact) mass is 407 g/mol. The lowest BCUT2D eigenvalue weighted by atomic mass is 9.96. The predicted octanol–water partition coefficient (Wildman–Crippen LogP) is 1.55. The van der Waals surface area contributed by atoms with Crippen molar-refractivity contribution in [3.05, 3.63) is 36.0 Å². The number of esters is 1. The third-order valence-electron chi connectivity index (χ3n) is 4.27. The molecule has 1 saturated heterocycles. The number of anilines is 1. The fraction of sp³-hybridized carbons (Fsp3) is 0.389. The van der Waals surface area contributed by atoms with Crippen molar-refractivity contribution < 1.29 is 27.3 Å². The number of rotatable bonds is 6. The molecule has 1 aliphatic rings. The fourth-order valence-corrected chi connectivity index (χ4v) is 3.32. The molecule has 0 saturated carbocycles. The number of ether oxygens (including phenoxy) is 1. The van der Waals surface area contributed by atoms with Crippen LogP contribution in [0.5, 0.6) is 0 Å². The summed E-state index contributed by atoms with van der Waals surface area (Å²) in [6, 6.07) is 7.14. The molecule has 28 heavy (non-hydrogen) atoms. The lowest BCUT2D eigenvalue weighted by Gasteiger charge is -2.30. The molecular weight excluding hydrogens is 386 g/mol. The third kappa shape index (κ3) is 5.55. The van der Waals surface area contributed by atoms with Gasteiger partial charge in [0.25, 0.3) is 16.0 Å². The van der Waals surface area contributed by atoms with E-state index in [2.05, 4.69) is 5.32 Å². The van der Waals surface area contributed by atoms with Crippen molar-refractivity contribution in [2.45, 2.75) is 24.7 Å². The van der Waals surface area contributed by atoms with Crippen molar-refractivity contribution in [3.8, 4) is 6.07 Å². The van der Waals surface area contributed by atoms with Crippen LogP contribution < -0.4 is 5.32 Å². The summed E-state index contributed by atoms with van der Waals surface area (Å²) in [5.41, 5.74) is 0.128. The molecule has 0 spiro atoms. The third-order valence-corrected chi connectivity index (χ3v) is 5.12. The topological polar surface area (TPSA) is 137 Å². The minimum Gasteiger partial charge on any atom is -0.466 e. The molecule has 0 radical (unpaired) electrons. The molecule has 0 aromatic heterocycles. The number of nitrogens with one attached hydrogen (secondary N) is 1. The van der Waals surface area contributed by atoms with Crippen molar-refractivity contribution in [2.24, 2.45) is 5.92 Å². The lowest BCUT2D eigenvalue weighted by Crippen LogP contribution is -2.41. The van der Waals surface area contributed by atoms with Crippen LogP contribution in [0.2, 0.25) is 0 Å². The molecule has 1 amide bonds.